The van der Waals surface area contributed by atoms with Crippen molar-refractivity contribution in [3.05, 3.63) is 31.5 Å². The van der Waals surface area contributed by atoms with Crippen molar-refractivity contribution in [1.29, 1.82) is 0 Å². The molecule has 1 rings (SSSR count). The normalized spacial score (nSPS) is 8.89. The summed E-state index contributed by atoms with van der Waals surface area (Å²) < 4.78 is 4.79. The number of rotatable bonds is 2. The molecule has 0 aliphatic rings. The molecule has 0 unspecified atom stereocenters. The number of nitrogens with zero attached hydrogens (tertiary/aromatic N) is 2. The quantitative estimate of drug-likeness (QED) is 0.554. The summed E-state index contributed by atoms with van der Waals surface area (Å²) in [4.78, 5) is 0. The van der Waals surface area contributed by atoms with Gasteiger partial charge < -0.3 is 4.42 Å². The van der Waals surface area contributed by atoms with Crippen LogP contribution >= 0.6 is 0 Å². The Bertz CT molecular complexity index is 213. The second-order valence-electron chi connectivity index (χ2n) is 1.47. The number of hydrogen-bond acceptors (Lipinski definition) is 3. The molecule has 1 aromatic rings. The molecular formula is C6H6N2O. The van der Waals surface area contributed by atoms with Crippen LogP contribution in [0.1, 0.15) is 5.89 Å². The van der Waals surface area contributed by atoms with Crippen LogP contribution in [-0.2, 0) is 0 Å². The highest BCUT2D eigenvalue weighted by Gasteiger charge is 1.97. The summed E-state index contributed by atoms with van der Waals surface area (Å²) in [7, 11) is 0. The van der Waals surface area contributed by atoms with Gasteiger partial charge in [0.2, 0.25) is 12.3 Å². The maximum Gasteiger partial charge on any atom is 0.246 e. The van der Waals surface area contributed by atoms with Crippen LogP contribution in [0.15, 0.2) is 30.0 Å². The standard InChI is InChI=1S/C6H6N2O/c1-3-5(2)6-8-7-4-9-6/h3-4H,1-2H2. The molecule has 46 valence electrons. The van der Waals surface area contributed by atoms with Gasteiger partial charge in [-0.1, -0.05) is 19.2 Å². The molecule has 0 radical (unpaired) electrons. The van der Waals surface area contributed by atoms with Gasteiger partial charge >= 0.3 is 0 Å². The highest BCUT2D eigenvalue weighted by atomic mass is 16.4. The minimum Gasteiger partial charge on any atom is -0.423 e. The third-order valence-corrected chi connectivity index (χ3v) is 0.881. The molecule has 0 spiro atoms. The van der Waals surface area contributed by atoms with Crippen molar-refractivity contribution in [2.75, 3.05) is 0 Å². The average molecular weight is 122 g/mol. The van der Waals surface area contributed by atoms with Gasteiger partial charge in [0.05, 0.1) is 0 Å². The van der Waals surface area contributed by atoms with E-state index in [9.17, 15) is 0 Å². The molecule has 9 heavy (non-hydrogen) atoms. The first-order valence-corrected chi connectivity index (χ1v) is 2.42. The second-order valence-corrected chi connectivity index (χ2v) is 1.47. The minimum absolute atomic E-state index is 0.421. The highest BCUT2D eigenvalue weighted by Crippen LogP contribution is 2.06. The van der Waals surface area contributed by atoms with Crippen LogP contribution in [0.5, 0.6) is 0 Å². The Kier molecular flexibility index (Phi) is 1.44. The van der Waals surface area contributed by atoms with Crippen LogP contribution in [0.3, 0.4) is 0 Å². The van der Waals surface area contributed by atoms with Gasteiger partial charge in [0.25, 0.3) is 0 Å². The van der Waals surface area contributed by atoms with Crippen molar-refractivity contribution in [1.82, 2.24) is 10.2 Å². The molecule has 0 bridgehead atoms. The lowest BCUT2D eigenvalue weighted by atomic mass is 10.3. The summed E-state index contributed by atoms with van der Waals surface area (Å²) in [6, 6.07) is 0. The second kappa shape index (κ2) is 2.26. The zero-order valence-electron chi connectivity index (χ0n) is 4.87. The SMILES string of the molecule is C=CC(=C)c1nnco1. The minimum atomic E-state index is 0.421. The highest BCUT2D eigenvalue weighted by molar-refractivity contribution is 5.64. The average Bonchev–Trinajstić information content (AvgIpc) is 2.37. The van der Waals surface area contributed by atoms with Gasteiger partial charge in [0, 0.05) is 5.57 Å². The van der Waals surface area contributed by atoms with Gasteiger partial charge in [-0.05, 0) is 0 Å². The van der Waals surface area contributed by atoms with E-state index in [1.165, 1.54) is 6.39 Å². The van der Waals surface area contributed by atoms with Gasteiger partial charge in [-0.25, -0.2) is 0 Å². The Labute approximate surface area is 52.7 Å². The van der Waals surface area contributed by atoms with E-state index < -0.39 is 0 Å². The third-order valence-electron chi connectivity index (χ3n) is 0.881. The Morgan fingerprint density at radius 2 is 2.56 bits per heavy atom. The molecule has 0 saturated heterocycles. The van der Waals surface area contributed by atoms with E-state index in [4.69, 9.17) is 4.42 Å². The molecular weight excluding hydrogens is 116 g/mol. The first kappa shape index (κ1) is 5.75. The number of aromatic nitrogens is 2. The van der Waals surface area contributed by atoms with E-state index in [1.807, 2.05) is 0 Å². The maximum atomic E-state index is 4.79. The molecule has 0 aromatic carbocycles. The lowest BCUT2D eigenvalue weighted by Gasteiger charge is -1.84. The van der Waals surface area contributed by atoms with Crippen molar-refractivity contribution in [2.45, 2.75) is 0 Å². The molecule has 3 heteroatoms. The predicted octanol–water partition coefficient (Wildman–Crippen LogP) is 1.27. The predicted molar refractivity (Wildman–Crippen MR) is 33.5 cm³/mol. The molecule has 0 saturated carbocycles. The maximum absolute atomic E-state index is 4.79. The van der Waals surface area contributed by atoms with Crippen molar-refractivity contribution in [3.63, 3.8) is 0 Å². The lowest BCUT2D eigenvalue weighted by molar-refractivity contribution is 0.540. The fourth-order valence-corrected chi connectivity index (χ4v) is 0.400. The smallest absolute Gasteiger partial charge is 0.246 e. The van der Waals surface area contributed by atoms with E-state index in [0.717, 1.165) is 0 Å². The van der Waals surface area contributed by atoms with Crippen LogP contribution in [0.2, 0.25) is 0 Å². The van der Waals surface area contributed by atoms with Crippen molar-refractivity contribution < 1.29 is 4.42 Å². The molecule has 1 heterocycles. The fraction of sp³-hybridized carbons (Fsp3) is 0. The zero-order valence-corrected chi connectivity index (χ0v) is 4.87. The molecule has 0 N–H and O–H groups in total. The molecule has 1 aromatic heterocycles. The van der Waals surface area contributed by atoms with E-state index in [2.05, 4.69) is 23.4 Å². The number of hydrogen-bond donors (Lipinski definition) is 0. The molecule has 0 atom stereocenters. The molecule has 0 aliphatic carbocycles. The fourth-order valence-electron chi connectivity index (χ4n) is 0.400. The summed E-state index contributed by atoms with van der Waals surface area (Å²) in [5, 5.41) is 7.07. The van der Waals surface area contributed by atoms with Crippen molar-refractivity contribution >= 4 is 5.57 Å². The number of allylic oxidation sites excluding steroid dienone is 2. The first-order chi connectivity index (χ1) is 4.34. The van der Waals surface area contributed by atoms with Gasteiger partial charge in [0.15, 0.2) is 0 Å². The Morgan fingerprint density at radius 3 is 3.00 bits per heavy atom. The summed E-state index contributed by atoms with van der Waals surface area (Å²) >= 11 is 0. The van der Waals surface area contributed by atoms with Crippen molar-refractivity contribution in [2.24, 2.45) is 0 Å². The topological polar surface area (TPSA) is 38.9 Å². The monoisotopic (exact) mass is 122 g/mol. The van der Waals surface area contributed by atoms with Gasteiger partial charge in [-0.2, -0.15) is 0 Å². The van der Waals surface area contributed by atoms with Gasteiger partial charge in [0.1, 0.15) is 0 Å². The van der Waals surface area contributed by atoms with E-state index in [0.29, 0.717) is 11.5 Å². The Morgan fingerprint density at radius 1 is 1.78 bits per heavy atom. The van der Waals surface area contributed by atoms with Crippen LogP contribution < -0.4 is 0 Å². The first-order valence-electron chi connectivity index (χ1n) is 2.42. The van der Waals surface area contributed by atoms with E-state index in [1.54, 1.807) is 6.08 Å². The molecule has 3 nitrogen and oxygen atoms in total. The van der Waals surface area contributed by atoms with Crippen LogP contribution in [0.4, 0.5) is 0 Å². The van der Waals surface area contributed by atoms with Crippen LogP contribution in [0, 0.1) is 0 Å². The lowest BCUT2D eigenvalue weighted by Crippen LogP contribution is -1.76. The Balaban J connectivity index is 2.89. The summed E-state index contributed by atoms with van der Waals surface area (Å²) in [6.07, 6.45) is 2.82. The van der Waals surface area contributed by atoms with Gasteiger partial charge in [-0.15, -0.1) is 10.2 Å². The molecule has 0 aliphatic heterocycles. The van der Waals surface area contributed by atoms with Crippen molar-refractivity contribution in [3.8, 4) is 0 Å². The molecule has 0 fully saturated rings. The summed E-state index contributed by atoms with van der Waals surface area (Å²) in [6.45, 7) is 7.09. The van der Waals surface area contributed by atoms with E-state index >= 15 is 0 Å². The summed E-state index contributed by atoms with van der Waals surface area (Å²) in [5.74, 6) is 0.421. The van der Waals surface area contributed by atoms with Crippen LogP contribution in [-0.4, -0.2) is 10.2 Å². The molecule has 0 amide bonds. The zero-order chi connectivity index (χ0) is 6.69. The van der Waals surface area contributed by atoms with Crippen LogP contribution in [0.25, 0.3) is 5.57 Å². The largest absolute Gasteiger partial charge is 0.423 e. The van der Waals surface area contributed by atoms with Gasteiger partial charge in [-0.3, -0.25) is 0 Å². The summed E-state index contributed by atoms with van der Waals surface area (Å²) in [5.41, 5.74) is 0.646. The Hall–Kier alpha value is -1.38. The van der Waals surface area contributed by atoms with E-state index in [-0.39, 0.29) is 0 Å². The third kappa shape index (κ3) is 1.05.